The lowest BCUT2D eigenvalue weighted by molar-refractivity contribution is -0.249. The molecule has 1 aliphatic heterocycles. The van der Waals surface area contributed by atoms with Gasteiger partial charge in [-0.3, -0.25) is 0 Å². The predicted molar refractivity (Wildman–Crippen MR) is 40.0 cm³/mol. The van der Waals surface area contributed by atoms with Crippen LogP contribution < -0.4 is 5.73 Å². The molecule has 1 fully saturated rings. The van der Waals surface area contributed by atoms with Gasteiger partial charge in [0, 0.05) is 19.6 Å². The minimum Gasteiger partial charge on any atom is -0.379 e. The van der Waals surface area contributed by atoms with Gasteiger partial charge >= 0.3 is 0 Å². The zero-order valence-corrected chi connectivity index (χ0v) is 6.75. The molecule has 1 saturated heterocycles. The quantitative estimate of drug-likeness (QED) is 0.571. The van der Waals surface area contributed by atoms with Gasteiger partial charge in [0.05, 0.1) is 6.61 Å². The molecule has 0 saturated carbocycles. The zero-order valence-electron chi connectivity index (χ0n) is 6.75. The molecule has 0 aliphatic carbocycles. The first-order valence-corrected chi connectivity index (χ1v) is 3.77. The topological polar surface area (TPSA) is 64.7 Å². The number of nitrogens with two attached hydrogens (primary N) is 1. The Labute approximate surface area is 66.3 Å². The number of rotatable bonds is 2. The maximum absolute atomic E-state index is 9.59. The first kappa shape index (κ1) is 8.93. The molecule has 0 bridgehead atoms. The number of methoxy groups -OCH3 is 1. The fraction of sp³-hybridized carbons (Fsp3) is 1.00. The second-order valence-corrected chi connectivity index (χ2v) is 2.99. The number of hydrogen-bond acceptors (Lipinski definition) is 4. The standard InChI is InChI=1S/C7H15NO3/c1-10-5-7(9)3-2-6(8)4-11-7/h6,9H,2-5,8H2,1H3/t6-,7+/m1/s1. The van der Waals surface area contributed by atoms with Crippen molar-refractivity contribution in [3.8, 4) is 0 Å². The number of ether oxygens (including phenoxy) is 2. The summed E-state index contributed by atoms with van der Waals surface area (Å²) in [6, 6.07) is 0.0622. The molecule has 1 heterocycles. The summed E-state index contributed by atoms with van der Waals surface area (Å²) in [7, 11) is 1.54. The van der Waals surface area contributed by atoms with Gasteiger partial charge in [-0.05, 0) is 6.42 Å². The lowest BCUT2D eigenvalue weighted by atomic mass is 10.0. The Kier molecular flexibility index (Phi) is 2.84. The van der Waals surface area contributed by atoms with Gasteiger partial charge in [0.25, 0.3) is 0 Å². The van der Waals surface area contributed by atoms with Crippen LogP contribution in [0.3, 0.4) is 0 Å². The first-order valence-electron chi connectivity index (χ1n) is 3.77. The van der Waals surface area contributed by atoms with Crippen LogP contribution in [0.25, 0.3) is 0 Å². The van der Waals surface area contributed by atoms with Crippen LogP contribution in [0.15, 0.2) is 0 Å². The summed E-state index contributed by atoms with van der Waals surface area (Å²) in [6.07, 6.45) is 1.35. The molecule has 4 nitrogen and oxygen atoms in total. The van der Waals surface area contributed by atoms with Crippen LogP contribution in [0, 0.1) is 0 Å². The van der Waals surface area contributed by atoms with Crippen LogP contribution >= 0.6 is 0 Å². The molecule has 1 rings (SSSR count). The Hall–Kier alpha value is -0.160. The molecule has 0 aromatic rings. The van der Waals surface area contributed by atoms with Crippen LogP contribution in [0.4, 0.5) is 0 Å². The largest absolute Gasteiger partial charge is 0.379 e. The van der Waals surface area contributed by atoms with E-state index in [0.29, 0.717) is 13.0 Å². The maximum Gasteiger partial charge on any atom is 0.189 e. The van der Waals surface area contributed by atoms with E-state index in [0.717, 1.165) is 6.42 Å². The minimum atomic E-state index is -1.09. The Balaban J connectivity index is 2.35. The Morgan fingerprint density at radius 1 is 1.82 bits per heavy atom. The highest BCUT2D eigenvalue weighted by molar-refractivity contribution is 4.77. The average molecular weight is 161 g/mol. The van der Waals surface area contributed by atoms with Crippen molar-refractivity contribution < 1.29 is 14.6 Å². The van der Waals surface area contributed by atoms with Crippen molar-refractivity contribution in [2.45, 2.75) is 24.7 Å². The average Bonchev–Trinajstić information content (AvgIpc) is 1.97. The fourth-order valence-electron chi connectivity index (χ4n) is 1.17. The summed E-state index contributed by atoms with van der Waals surface area (Å²) in [6.45, 7) is 0.638. The van der Waals surface area contributed by atoms with Crippen molar-refractivity contribution in [2.75, 3.05) is 20.3 Å². The lowest BCUT2D eigenvalue weighted by Gasteiger charge is -2.34. The highest BCUT2D eigenvalue weighted by Crippen LogP contribution is 2.21. The predicted octanol–water partition coefficient (Wildman–Crippen LogP) is -0.541. The van der Waals surface area contributed by atoms with Gasteiger partial charge in [-0.2, -0.15) is 0 Å². The molecule has 0 unspecified atom stereocenters. The molecule has 0 amide bonds. The van der Waals surface area contributed by atoms with E-state index in [1.807, 2.05) is 0 Å². The molecule has 66 valence electrons. The van der Waals surface area contributed by atoms with Crippen molar-refractivity contribution in [1.29, 1.82) is 0 Å². The van der Waals surface area contributed by atoms with Crippen LogP contribution in [-0.2, 0) is 9.47 Å². The molecular weight excluding hydrogens is 146 g/mol. The maximum atomic E-state index is 9.59. The van der Waals surface area contributed by atoms with E-state index in [1.54, 1.807) is 0 Å². The van der Waals surface area contributed by atoms with Crippen molar-refractivity contribution in [3.63, 3.8) is 0 Å². The van der Waals surface area contributed by atoms with Crippen molar-refractivity contribution >= 4 is 0 Å². The van der Waals surface area contributed by atoms with E-state index in [4.69, 9.17) is 15.2 Å². The third-order valence-electron chi connectivity index (χ3n) is 1.84. The van der Waals surface area contributed by atoms with Gasteiger partial charge in [-0.25, -0.2) is 0 Å². The first-order chi connectivity index (χ1) is 5.16. The third-order valence-corrected chi connectivity index (χ3v) is 1.84. The second-order valence-electron chi connectivity index (χ2n) is 2.99. The summed E-state index contributed by atoms with van der Waals surface area (Å²) in [5.74, 6) is -1.09. The fourth-order valence-corrected chi connectivity index (χ4v) is 1.17. The normalized spacial score (nSPS) is 39.0. The molecule has 1 aliphatic rings. The summed E-state index contributed by atoms with van der Waals surface area (Å²) < 4.78 is 9.93. The number of aliphatic hydroxyl groups is 1. The molecule has 0 spiro atoms. The molecule has 2 atom stereocenters. The van der Waals surface area contributed by atoms with Crippen molar-refractivity contribution in [3.05, 3.63) is 0 Å². The van der Waals surface area contributed by atoms with Gasteiger partial charge < -0.3 is 20.3 Å². The summed E-state index contributed by atoms with van der Waals surface area (Å²) in [5, 5.41) is 9.59. The highest BCUT2D eigenvalue weighted by atomic mass is 16.6. The monoisotopic (exact) mass is 161 g/mol. The molecular formula is C7H15NO3. The molecule has 11 heavy (non-hydrogen) atoms. The Morgan fingerprint density at radius 2 is 2.55 bits per heavy atom. The van der Waals surface area contributed by atoms with Gasteiger partial charge in [0.2, 0.25) is 0 Å². The summed E-state index contributed by atoms with van der Waals surface area (Å²) in [4.78, 5) is 0. The van der Waals surface area contributed by atoms with Crippen LogP contribution in [0.1, 0.15) is 12.8 Å². The van der Waals surface area contributed by atoms with Crippen LogP contribution in [0.5, 0.6) is 0 Å². The lowest BCUT2D eigenvalue weighted by Crippen LogP contribution is -2.47. The molecule has 0 radical (unpaired) electrons. The number of hydrogen-bond donors (Lipinski definition) is 2. The smallest absolute Gasteiger partial charge is 0.189 e. The van der Waals surface area contributed by atoms with Crippen LogP contribution in [-0.4, -0.2) is 37.3 Å². The molecule has 0 aromatic carbocycles. The Bertz CT molecular complexity index is 121. The molecule has 3 N–H and O–H groups in total. The van der Waals surface area contributed by atoms with Gasteiger partial charge in [-0.15, -0.1) is 0 Å². The van der Waals surface area contributed by atoms with E-state index >= 15 is 0 Å². The SMILES string of the molecule is COC[C@]1(O)CC[C@@H](N)CO1. The van der Waals surface area contributed by atoms with Crippen molar-refractivity contribution in [2.24, 2.45) is 5.73 Å². The van der Waals surface area contributed by atoms with Gasteiger partial charge in [0.15, 0.2) is 5.79 Å². The second kappa shape index (κ2) is 3.49. The van der Waals surface area contributed by atoms with E-state index in [9.17, 15) is 5.11 Å². The van der Waals surface area contributed by atoms with Crippen molar-refractivity contribution in [1.82, 2.24) is 0 Å². The van der Waals surface area contributed by atoms with E-state index < -0.39 is 5.79 Å². The van der Waals surface area contributed by atoms with E-state index in [2.05, 4.69) is 0 Å². The summed E-state index contributed by atoms with van der Waals surface area (Å²) in [5.41, 5.74) is 5.58. The third kappa shape index (κ3) is 2.41. The molecule has 4 heteroatoms. The summed E-state index contributed by atoms with van der Waals surface area (Å²) >= 11 is 0. The van der Waals surface area contributed by atoms with Gasteiger partial charge in [0.1, 0.15) is 6.61 Å². The van der Waals surface area contributed by atoms with E-state index in [-0.39, 0.29) is 12.6 Å². The van der Waals surface area contributed by atoms with Crippen LogP contribution in [0.2, 0.25) is 0 Å². The minimum absolute atomic E-state index is 0.0622. The molecule has 0 aromatic heterocycles. The zero-order chi connectivity index (χ0) is 8.32. The Morgan fingerprint density at radius 3 is 3.00 bits per heavy atom. The highest BCUT2D eigenvalue weighted by Gasteiger charge is 2.32. The van der Waals surface area contributed by atoms with Gasteiger partial charge in [-0.1, -0.05) is 0 Å². The van der Waals surface area contributed by atoms with E-state index in [1.165, 1.54) is 7.11 Å².